The number of unbranched alkanes of at least 4 members (excludes halogenated alkanes) is 5. The van der Waals surface area contributed by atoms with Crippen LogP contribution in [0.25, 0.3) is 0 Å². The molecule has 0 saturated heterocycles. The Labute approximate surface area is 152 Å². The normalized spacial score (nSPS) is 12.0. The van der Waals surface area contributed by atoms with Crippen LogP contribution >= 0.6 is 11.6 Å². The third kappa shape index (κ3) is 14.8. The van der Waals surface area contributed by atoms with Gasteiger partial charge in [0, 0.05) is 18.7 Å². The summed E-state index contributed by atoms with van der Waals surface area (Å²) in [5.41, 5.74) is 0. The zero-order valence-electron chi connectivity index (χ0n) is 15.5. The number of carbonyl (C=O) groups excluding carboxylic acids is 2. The molecule has 0 fully saturated rings. The van der Waals surface area contributed by atoms with Crippen LogP contribution < -0.4 is 0 Å². The van der Waals surface area contributed by atoms with Crippen molar-refractivity contribution in [2.45, 2.75) is 97.0 Å². The summed E-state index contributed by atoms with van der Waals surface area (Å²) in [6.45, 7) is 4.57. The molecule has 4 nitrogen and oxygen atoms in total. The Morgan fingerprint density at radius 3 is 2.12 bits per heavy atom. The quantitative estimate of drug-likeness (QED) is 0.209. The van der Waals surface area contributed by atoms with Gasteiger partial charge in [0.1, 0.15) is 6.10 Å². The van der Waals surface area contributed by atoms with E-state index in [0.29, 0.717) is 13.0 Å². The number of alkyl halides is 1. The van der Waals surface area contributed by atoms with E-state index in [0.717, 1.165) is 50.8 Å². The molecule has 0 aromatic carbocycles. The van der Waals surface area contributed by atoms with Crippen LogP contribution in [0, 0.1) is 0 Å². The molecule has 1 atom stereocenters. The lowest BCUT2D eigenvalue weighted by molar-refractivity contribution is -0.150. The second-order valence-corrected chi connectivity index (χ2v) is 6.57. The molecule has 24 heavy (non-hydrogen) atoms. The van der Waals surface area contributed by atoms with E-state index in [1.54, 1.807) is 0 Å². The molecule has 0 aliphatic rings. The minimum Gasteiger partial charge on any atom is -0.466 e. The molecule has 5 heteroatoms. The van der Waals surface area contributed by atoms with Crippen molar-refractivity contribution in [1.29, 1.82) is 0 Å². The highest BCUT2D eigenvalue weighted by Crippen LogP contribution is 2.10. The maximum Gasteiger partial charge on any atom is 0.306 e. The number of carbonyl (C=O) groups is 2. The van der Waals surface area contributed by atoms with E-state index >= 15 is 0 Å². The first-order chi connectivity index (χ1) is 11.6. The zero-order valence-corrected chi connectivity index (χ0v) is 16.2. The maximum atomic E-state index is 11.7. The van der Waals surface area contributed by atoms with Gasteiger partial charge in [-0.1, -0.05) is 46.0 Å². The van der Waals surface area contributed by atoms with Crippen LogP contribution in [0.2, 0.25) is 0 Å². The van der Waals surface area contributed by atoms with Gasteiger partial charge >= 0.3 is 11.9 Å². The Bertz CT molecular complexity index is 320. The summed E-state index contributed by atoms with van der Waals surface area (Å²) in [5, 5.41) is 0. The lowest BCUT2D eigenvalue weighted by atomic mass is 10.1. The van der Waals surface area contributed by atoms with E-state index in [4.69, 9.17) is 21.1 Å². The van der Waals surface area contributed by atoms with Gasteiger partial charge < -0.3 is 9.47 Å². The second kappa shape index (κ2) is 17.1. The third-order valence-corrected chi connectivity index (χ3v) is 4.18. The van der Waals surface area contributed by atoms with E-state index in [-0.39, 0.29) is 30.9 Å². The predicted molar refractivity (Wildman–Crippen MR) is 98.3 cm³/mol. The number of esters is 2. The number of hydrogen-bond acceptors (Lipinski definition) is 4. The van der Waals surface area contributed by atoms with E-state index in [1.165, 1.54) is 12.8 Å². The van der Waals surface area contributed by atoms with Crippen molar-refractivity contribution in [1.82, 2.24) is 0 Å². The van der Waals surface area contributed by atoms with Gasteiger partial charge in [-0.15, -0.1) is 11.6 Å². The minimum atomic E-state index is -0.217. The Kier molecular flexibility index (Phi) is 16.5. The van der Waals surface area contributed by atoms with Crippen molar-refractivity contribution in [3.8, 4) is 0 Å². The standard InChI is InChI=1S/C19H35ClO4/c1-3-12-17(4-2)24-19(22)14-11-13-18(21)23-16-10-8-6-5-7-9-15-20/h17H,3-16H2,1-2H3. The van der Waals surface area contributed by atoms with Crippen molar-refractivity contribution in [2.75, 3.05) is 12.5 Å². The Balaban J connectivity index is 3.50. The van der Waals surface area contributed by atoms with Crippen LogP contribution in [-0.4, -0.2) is 30.5 Å². The van der Waals surface area contributed by atoms with Gasteiger partial charge in [-0.2, -0.15) is 0 Å². The van der Waals surface area contributed by atoms with Crippen LogP contribution in [-0.2, 0) is 19.1 Å². The fourth-order valence-electron chi connectivity index (χ4n) is 2.45. The van der Waals surface area contributed by atoms with Gasteiger partial charge in [-0.3, -0.25) is 9.59 Å². The molecule has 0 spiro atoms. The summed E-state index contributed by atoms with van der Waals surface area (Å²) < 4.78 is 10.6. The molecule has 0 aromatic rings. The number of hydrogen-bond donors (Lipinski definition) is 0. The molecular weight excluding hydrogens is 328 g/mol. The Morgan fingerprint density at radius 2 is 1.50 bits per heavy atom. The third-order valence-electron chi connectivity index (χ3n) is 3.92. The summed E-state index contributed by atoms with van der Waals surface area (Å²) in [4.78, 5) is 23.3. The summed E-state index contributed by atoms with van der Waals surface area (Å²) >= 11 is 5.62. The Morgan fingerprint density at radius 1 is 0.875 bits per heavy atom. The molecule has 0 radical (unpaired) electrons. The van der Waals surface area contributed by atoms with Gasteiger partial charge in [0.25, 0.3) is 0 Å². The van der Waals surface area contributed by atoms with Crippen molar-refractivity contribution in [3.63, 3.8) is 0 Å². The highest BCUT2D eigenvalue weighted by molar-refractivity contribution is 6.17. The lowest BCUT2D eigenvalue weighted by Crippen LogP contribution is -2.17. The summed E-state index contributed by atoms with van der Waals surface area (Å²) in [6.07, 6.45) is 10.4. The molecule has 1 unspecified atom stereocenters. The number of halogens is 1. The predicted octanol–water partition coefficient (Wildman–Crippen LogP) is 5.40. The van der Waals surface area contributed by atoms with Gasteiger partial charge in [0.15, 0.2) is 0 Å². The molecule has 0 aromatic heterocycles. The fraction of sp³-hybridized carbons (Fsp3) is 0.895. The SMILES string of the molecule is CCCC(CC)OC(=O)CCCC(=O)OCCCCCCCCCl. The number of ether oxygens (including phenoxy) is 2. The van der Waals surface area contributed by atoms with Crippen LogP contribution in [0.5, 0.6) is 0 Å². The monoisotopic (exact) mass is 362 g/mol. The Hall–Kier alpha value is -0.770. The molecule has 0 saturated carbocycles. The highest BCUT2D eigenvalue weighted by atomic mass is 35.5. The van der Waals surface area contributed by atoms with E-state index in [1.807, 2.05) is 6.92 Å². The van der Waals surface area contributed by atoms with E-state index < -0.39 is 0 Å². The topological polar surface area (TPSA) is 52.6 Å². The van der Waals surface area contributed by atoms with Gasteiger partial charge in [0.05, 0.1) is 6.61 Å². The lowest BCUT2D eigenvalue weighted by Gasteiger charge is -2.15. The second-order valence-electron chi connectivity index (χ2n) is 6.19. The van der Waals surface area contributed by atoms with Crippen molar-refractivity contribution < 1.29 is 19.1 Å². The van der Waals surface area contributed by atoms with Crippen LogP contribution in [0.4, 0.5) is 0 Å². The first-order valence-electron chi connectivity index (χ1n) is 9.55. The molecule has 142 valence electrons. The molecule has 0 amide bonds. The smallest absolute Gasteiger partial charge is 0.306 e. The van der Waals surface area contributed by atoms with Gasteiger partial charge in [-0.25, -0.2) is 0 Å². The maximum absolute atomic E-state index is 11.7. The molecule has 0 rings (SSSR count). The van der Waals surface area contributed by atoms with Crippen LogP contribution in [0.15, 0.2) is 0 Å². The zero-order chi connectivity index (χ0) is 18.0. The van der Waals surface area contributed by atoms with E-state index in [9.17, 15) is 9.59 Å². The summed E-state index contributed by atoms with van der Waals surface area (Å²) in [7, 11) is 0. The molecule has 0 aliphatic carbocycles. The average molecular weight is 363 g/mol. The molecule has 0 N–H and O–H groups in total. The van der Waals surface area contributed by atoms with Crippen LogP contribution in [0.1, 0.15) is 90.9 Å². The molecule has 0 bridgehead atoms. The average Bonchev–Trinajstić information content (AvgIpc) is 2.56. The number of rotatable bonds is 16. The first kappa shape index (κ1) is 23.2. The first-order valence-corrected chi connectivity index (χ1v) is 10.1. The minimum absolute atomic E-state index is 0.0129. The highest BCUT2D eigenvalue weighted by Gasteiger charge is 2.12. The van der Waals surface area contributed by atoms with Gasteiger partial charge in [0.2, 0.25) is 0 Å². The fourth-order valence-corrected chi connectivity index (χ4v) is 2.64. The van der Waals surface area contributed by atoms with E-state index in [2.05, 4.69) is 6.92 Å². The van der Waals surface area contributed by atoms with Crippen molar-refractivity contribution in [2.24, 2.45) is 0 Å². The molecule has 0 heterocycles. The van der Waals surface area contributed by atoms with Crippen LogP contribution in [0.3, 0.4) is 0 Å². The molecular formula is C19H35ClO4. The summed E-state index contributed by atoms with van der Waals surface area (Å²) in [5.74, 6) is 0.314. The molecule has 0 aliphatic heterocycles. The summed E-state index contributed by atoms with van der Waals surface area (Å²) in [6, 6.07) is 0. The van der Waals surface area contributed by atoms with Crippen molar-refractivity contribution in [3.05, 3.63) is 0 Å². The van der Waals surface area contributed by atoms with Gasteiger partial charge in [-0.05, 0) is 32.1 Å². The largest absolute Gasteiger partial charge is 0.466 e. The van der Waals surface area contributed by atoms with Crippen molar-refractivity contribution >= 4 is 23.5 Å².